The van der Waals surface area contributed by atoms with Crippen LogP contribution in [0.4, 0.5) is 10.1 Å². The van der Waals surface area contributed by atoms with Gasteiger partial charge in [-0.2, -0.15) is 4.98 Å². The van der Waals surface area contributed by atoms with E-state index in [2.05, 4.69) is 15.5 Å². The summed E-state index contributed by atoms with van der Waals surface area (Å²) in [4.78, 5) is 16.3. The first-order valence-electron chi connectivity index (χ1n) is 7.77. The number of aromatic nitrogens is 2. The Morgan fingerprint density at radius 2 is 2.04 bits per heavy atom. The van der Waals surface area contributed by atoms with Crippen molar-refractivity contribution in [3.05, 3.63) is 59.2 Å². The monoisotopic (exact) mass is 375 g/mol. The number of hydrogen-bond donors (Lipinski definition) is 1. The first-order valence-corrected chi connectivity index (χ1v) is 8.15. The molecular weight excluding hydrogens is 361 g/mol. The Hall–Kier alpha value is -2.93. The summed E-state index contributed by atoms with van der Waals surface area (Å²) in [7, 11) is 1.59. The first-order chi connectivity index (χ1) is 12.5. The number of benzene rings is 2. The van der Waals surface area contributed by atoms with Crippen LogP contribution in [0.5, 0.6) is 5.75 Å². The topological polar surface area (TPSA) is 77.2 Å². The fraction of sp³-hybridized carbons (Fsp3) is 0.167. The molecule has 2 aromatic carbocycles. The molecule has 0 aliphatic carbocycles. The highest BCUT2D eigenvalue weighted by Crippen LogP contribution is 2.23. The van der Waals surface area contributed by atoms with Crippen LogP contribution in [0.2, 0.25) is 5.02 Å². The standard InChI is InChI=1S/C18H15ClFN3O3/c1-25-13-5-2-11(3-6-13)18-22-17(26-23-18)9-8-16(24)21-15-7-4-12(20)10-14(15)19/h2-7,10H,8-9H2,1H3,(H,21,24). The molecule has 0 radical (unpaired) electrons. The molecule has 0 fully saturated rings. The maximum atomic E-state index is 13.0. The zero-order chi connectivity index (χ0) is 18.5. The zero-order valence-corrected chi connectivity index (χ0v) is 14.6. The maximum absolute atomic E-state index is 13.0. The predicted molar refractivity (Wildman–Crippen MR) is 94.6 cm³/mol. The van der Waals surface area contributed by atoms with Crippen molar-refractivity contribution in [2.75, 3.05) is 12.4 Å². The summed E-state index contributed by atoms with van der Waals surface area (Å²) in [6.45, 7) is 0. The third-order valence-electron chi connectivity index (χ3n) is 3.59. The smallest absolute Gasteiger partial charge is 0.227 e. The minimum absolute atomic E-state index is 0.123. The van der Waals surface area contributed by atoms with Crippen LogP contribution < -0.4 is 10.1 Å². The van der Waals surface area contributed by atoms with Crippen molar-refractivity contribution in [3.8, 4) is 17.1 Å². The SMILES string of the molecule is COc1ccc(-c2noc(CCC(=O)Nc3ccc(F)cc3Cl)n2)cc1. The second kappa shape index (κ2) is 7.97. The summed E-state index contributed by atoms with van der Waals surface area (Å²) in [6, 6.07) is 11.0. The van der Waals surface area contributed by atoms with Crippen LogP contribution in [0.1, 0.15) is 12.3 Å². The maximum Gasteiger partial charge on any atom is 0.227 e. The number of methoxy groups -OCH3 is 1. The number of carbonyl (C=O) groups excluding carboxylic acids is 1. The second-order valence-electron chi connectivity index (χ2n) is 5.41. The number of ether oxygens (including phenoxy) is 1. The van der Waals surface area contributed by atoms with Crippen molar-refractivity contribution in [2.45, 2.75) is 12.8 Å². The number of amides is 1. The fourth-order valence-electron chi connectivity index (χ4n) is 2.24. The average molecular weight is 376 g/mol. The summed E-state index contributed by atoms with van der Waals surface area (Å²) in [6.07, 6.45) is 0.395. The molecule has 6 nitrogen and oxygen atoms in total. The van der Waals surface area contributed by atoms with Gasteiger partial charge >= 0.3 is 0 Å². The van der Waals surface area contributed by atoms with E-state index in [4.69, 9.17) is 20.9 Å². The summed E-state index contributed by atoms with van der Waals surface area (Å²) in [5.74, 6) is 0.752. The molecule has 0 saturated heterocycles. The van der Waals surface area contributed by atoms with Gasteiger partial charge in [-0.3, -0.25) is 4.79 Å². The van der Waals surface area contributed by atoms with E-state index in [-0.39, 0.29) is 23.8 Å². The number of hydrogen-bond acceptors (Lipinski definition) is 5. The number of rotatable bonds is 6. The summed E-state index contributed by atoms with van der Waals surface area (Å²) in [5.41, 5.74) is 1.13. The molecule has 134 valence electrons. The molecule has 8 heteroatoms. The molecule has 1 heterocycles. The van der Waals surface area contributed by atoms with Crippen LogP contribution in [0, 0.1) is 5.82 Å². The van der Waals surface area contributed by atoms with Gasteiger partial charge in [-0.1, -0.05) is 16.8 Å². The Kier molecular flexibility index (Phi) is 5.48. The van der Waals surface area contributed by atoms with Gasteiger partial charge in [-0.25, -0.2) is 4.39 Å². The third-order valence-corrected chi connectivity index (χ3v) is 3.90. The molecule has 0 aliphatic heterocycles. The van der Waals surface area contributed by atoms with E-state index >= 15 is 0 Å². The van der Waals surface area contributed by atoms with Crippen molar-refractivity contribution < 1.29 is 18.4 Å². The number of nitrogens with zero attached hydrogens (tertiary/aromatic N) is 2. The Labute approximate surface area is 153 Å². The molecule has 1 amide bonds. The summed E-state index contributed by atoms with van der Waals surface area (Å²) in [5, 5.41) is 6.66. The normalized spacial score (nSPS) is 10.6. The van der Waals surface area contributed by atoms with Crippen molar-refractivity contribution in [3.63, 3.8) is 0 Å². The van der Waals surface area contributed by atoms with E-state index in [1.165, 1.54) is 12.1 Å². The highest BCUT2D eigenvalue weighted by molar-refractivity contribution is 6.33. The lowest BCUT2D eigenvalue weighted by Crippen LogP contribution is -2.12. The Bertz CT molecular complexity index is 912. The van der Waals surface area contributed by atoms with Gasteiger partial charge in [0.05, 0.1) is 17.8 Å². The van der Waals surface area contributed by atoms with Crippen molar-refractivity contribution in [2.24, 2.45) is 0 Å². The van der Waals surface area contributed by atoms with Gasteiger partial charge in [0.25, 0.3) is 0 Å². The van der Waals surface area contributed by atoms with Gasteiger partial charge in [0, 0.05) is 18.4 Å². The molecule has 3 rings (SSSR count). The molecular formula is C18H15ClFN3O3. The summed E-state index contributed by atoms with van der Waals surface area (Å²) >= 11 is 5.88. The van der Waals surface area contributed by atoms with E-state index in [9.17, 15) is 9.18 Å². The zero-order valence-electron chi connectivity index (χ0n) is 13.8. The number of anilines is 1. The highest BCUT2D eigenvalue weighted by Gasteiger charge is 2.12. The van der Waals surface area contributed by atoms with Gasteiger partial charge in [0.15, 0.2) is 0 Å². The van der Waals surface area contributed by atoms with E-state index in [0.29, 0.717) is 17.4 Å². The predicted octanol–water partition coefficient (Wildman–Crippen LogP) is 4.11. The quantitative estimate of drug-likeness (QED) is 0.701. The van der Waals surface area contributed by atoms with E-state index in [1.54, 1.807) is 19.2 Å². The molecule has 0 bridgehead atoms. The van der Waals surface area contributed by atoms with Crippen molar-refractivity contribution >= 4 is 23.2 Å². The number of carbonyl (C=O) groups is 1. The van der Waals surface area contributed by atoms with Crippen LogP contribution in [0.3, 0.4) is 0 Å². The van der Waals surface area contributed by atoms with Crippen molar-refractivity contribution in [1.29, 1.82) is 0 Å². The Morgan fingerprint density at radius 1 is 1.27 bits per heavy atom. The second-order valence-corrected chi connectivity index (χ2v) is 5.82. The van der Waals surface area contributed by atoms with E-state index in [1.807, 2.05) is 12.1 Å². The minimum atomic E-state index is -0.468. The van der Waals surface area contributed by atoms with Crippen molar-refractivity contribution in [1.82, 2.24) is 10.1 Å². The molecule has 1 N–H and O–H groups in total. The number of halogens is 2. The number of aryl methyl sites for hydroxylation is 1. The first kappa shape index (κ1) is 17.9. The molecule has 0 aliphatic rings. The van der Waals surface area contributed by atoms with Crippen LogP contribution in [0.25, 0.3) is 11.4 Å². The van der Waals surface area contributed by atoms with Gasteiger partial charge in [-0.15, -0.1) is 0 Å². The molecule has 0 spiro atoms. The molecule has 0 atom stereocenters. The highest BCUT2D eigenvalue weighted by atomic mass is 35.5. The van der Waals surface area contributed by atoms with E-state index < -0.39 is 5.82 Å². The Balaban J connectivity index is 1.58. The van der Waals surface area contributed by atoms with Crippen LogP contribution in [0.15, 0.2) is 47.0 Å². The van der Waals surface area contributed by atoms with Crippen LogP contribution in [-0.2, 0) is 11.2 Å². The number of nitrogens with one attached hydrogen (secondary N) is 1. The lowest BCUT2D eigenvalue weighted by atomic mass is 10.2. The molecule has 3 aromatic rings. The van der Waals surface area contributed by atoms with Gasteiger partial charge in [-0.05, 0) is 42.5 Å². The Morgan fingerprint density at radius 3 is 2.73 bits per heavy atom. The van der Waals surface area contributed by atoms with Crippen LogP contribution in [-0.4, -0.2) is 23.2 Å². The molecule has 0 saturated carbocycles. The lowest BCUT2D eigenvalue weighted by molar-refractivity contribution is -0.116. The molecule has 26 heavy (non-hydrogen) atoms. The van der Waals surface area contributed by atoms with Gasteiger partial charge in [0.2, 0.25) is 17.6 Å². The van der Waals surface area contributed by atoms with Gasteiger partial charge < -0.3 is 14.6 Å². The minimum Gasteiger partial charge on any atom is -0.497 e. The van der Waals surface area contributed by atoms with E-state index in [0.717, 1.165) is 17.4 Å². The molecule has 1 aromatic heterocycles. The lowest BCUT2D eigenvalue weighted by Gasteiger charge is -2.06. The average Bonchev–Trinajstić information content (AvgIpc) is 3.11. The van der Waals surface area contributed by atoms with Crippen LogP contribution >= 0.6 is 11.6 Å². The van der Waals surface area contributed by atoms with Gasteiger partial charge in [0.1, 0.15) is 11.6 Å². The summed E-state index contributed by atoms with van der Waals surface area (Å²) < 4.78 is 23.3. The fourth-order valence-corrected chi connectivity index (χ4v) is 2.45. The third kappa shape index (κ3) is 4.37. The largest absolute Gasteiger partial charge is 0.497 e. The molecule has 0 unspecified atom stereocenters.